The molecule has 2 unspecified atom stereocenters. The second-order valence-corrected chi connectivity index (χ2v) is 17.7. The molecule has 0 N–H and O–H groups in total. The van der Waals surface area contributed by atoms with Crippen molar-refractivity contribution in [1.82, 2.24) is 9.13 Å². The van der Waals surface area contributed by atoms with Gasteiger partial charge in [-0.1, -0.05) is 110 Å². The molecule has 2 aromatic heterocycles. The Hall–Kier alpha value is -9.36. The Morgan fingerprint density at radius 1 is 0.391 bits per heavy atom. The van der Waals surface area contributed by atoms with Gasteiger partial charge in [-0.15, -0.1) is 0 Å². The lowest BCUT2D eigenvalue weighted by Gasteiger charge is -2.27. The molecule has 326 valence electrons. The molecule has 0 amide bonds. The third-order valence-electron chi connectivity index (χ3n) is 13.6. The summed E-state index contributed by atoms with van der Waals surface area (Å²) in [4.78, 5) is 4.53. The maximum Gasteiger partial charge on any atom is 0.0991 e. The summed E-state index contributed by atoms with van der Waals surface area (Å²) in [6.45, 7) is 2.28. The largest absolute Gasteiger partial charge is 0.333 e. The van der Waals surface area contributed by atoms with E-state index in [0.717, 1.165) is 67.4 Å². The van der Waals surface area contributed by atoms with Gasteiger partial charge < -0.3 is 18.9 Å². The average molecular weight is 885 g/mol. The Kier molecular flexibility index (Phi) is 10.2. The molecule has 0 radical (unpaired) electrons. The van der Waals surface area contributed by atoms with Crippen LogP contribution in [0.2, 0.25) is 0 Å². The summed E-state index contributed by atoms with van der Waals surface area (Å²) in [5.41, 5.74) is 15.2. The van der Waals surface area contributed by atoms with Crippen LogP contribution in [0, 0.1) is 28.6 Å². The van der Waals surface area contributed by atoms with Gasteiger partial charge in [0.1, 0.15) is 0 Å². The number of allylic oxidation sites excluding steroid dienone is 4. The summed E-state index contributed by atoms with van der Waals surface area (Å²) >= 11 is 0. The topological polar surface area (TPSA) is 63.9 Å². The lowest BCUT2D eigenvalue weighted by Crippen LogP contribution is -2.15. The quantitative estimate of drug-likeness (QED) is 0.145. The molecule has 0 spiro atoms. The van der Waals surface area contributed by atoms with Gasteiger partial charge in [0.15, 0.2) is 0 Å². The highest BCUT2D eigenvalue weighted by Gasteiger charge is 2.23. The van der Waals surface area contributed by atoms with Crippen molar-refractivity contribution in [2.24, 2.45) is 5.92 Å². The highest BCUT2D eigenvalue weighted by Crippen LogP contribution is 2.43. The number of nitriles is 2. The molecule has 69 heavy (non-hydrogen) atoms. The predicted molar refractivity (Wildman–Crippen MR) is 284 cm³/mol. The van der Waals surface area contributed by atoms with E-state index in [2.05, 4.69) is 226 Å². The minimum Gasteiger partial charge on any atom is -0.333 e. The third-order valence-corrected chi connectivity index (χ3v) is 13.6. The van der Waals surface area contributed by atoms with E-state index < -0.39 is 0 Å². The molecule has 11 aromatic rings. The molecule has 1 aliphatic carbocycles. The molecule has 0 bridgehead atoms. The zero-order valence-electron chi connectivity index (χ0n) is 37.9. The first-order valence-corrected chi connectivity index (χ1v) is 23.3. The first-order valence-electron chi connectivity index (χ1n) is 23.3. The predicted octanol–water partition coefficient (Wildman–Crippen LogP) is 16.5. The number of anilines is 6. The van der Waals surface area contributed by atoms with E-state index in [4.69, 9.17) is 0 Å². The van der Waals surface area contributed by atoms with Gasteiger partial charge in [0.2, 0.25) is 0 Å². The van der Waals surface area contributed by atoms with Crippen LogP contribution in [0.3, 0.4) is 0 Å². The van der Waals surface area contributed by atoms with Crippen LogP contribution in [-0.2, 0) is 0 Å². The highest BCUT2D eigenvalue weighted by molar-refractivity contribution is 6.11. The normalized spacial score (nSPS) is 14.3. The van der Waals surface area contributed by atoms with Crippen molar-refractivity contribution in [3.05, 3.63) is 248 Å². The van der Waals surface area contributed by atoms with E-state index in [-0.39, 0.29) is 6.04 Å². The fourth-order valence-corrected chi connectivity index (χ4v) is 10.3. The van der Waals surface area contributed by atoms with Crippen molar-refractivity contribution in [2.75, 3.05) is 9.80 Å². The molecule has 1 aliphatic rings. The summed E-state index contributed by atoms with van der Waals surface area (Å²) in [5, 5.41) is 24.1. The van der Waals surface area contributed by atoms with Gasteiger partial charge in [-0.2, -0.15) is 10.5 Å². The average Bonchev–Trinajstić information content (AvgIpc) is 3.92. The molecule has 6 nitrogen and oxygen atoms in total. The number of hydrogen-bond acceptors (Lipinski definition) is 4. The Balaban J connectivity index is 0.913. The van der Waals surface area contributed by atoms with E-state index in [9.17, 15) is 10.5 Å². The smallest absolute Gasteiger partial charge is 0.0991 e. The Labute approximate surface area is 401 Å². The van der Waals surface area contributed by atoms with Gasteiger partial charge in [0.05, 0.1) is 40.3 Å². The molecule has 2 atom stereocenters. The van der Waals surface area contributed by atoms with E-state index >= 15 is 0 Å². The van der Waals surface area contributed by atoms with Gasteiger partial charge in [0, 0.05) is 72.4 Å². The van der Waals surface area contributed by atoms with E-state index in [1.54, 1.807) is 0 Å². The molecule has 0 saturated heterocycles. The van der Waals surface area contributed by atoms with Crippen LogP contribution in [-0.4, -0.2) is 9.13 Å². The molecular weight excluding hydrogens is 841 g/mol. The van der Waals surface area contributed by atoms with Crippen LogP contribution in [0.15, 0.2) is 237 Å². The van der Waals surface area contributed by atoms with Crippen LogP contribution in [0.25, 0.3) is 60.4 Å². The lowest BCUT2D eigenvalue weighted by molar-refractivity contribution is 0.510. The van der Waals surface area contributed by atoms with Crippen molar-refractivity contribution in [3.8, 4) is 29.0 Å². The van der Waals surface area contributed by atoms with Gasteiger partial charge in [-0.3, -0.25) is 0 Å². The zero-order valence-corrected chi connectivity index (χ0v) is 37.9. The number of rotatable bonds is 9. The lowest BCUT2D eigenvalue weighted by atomic mass is 9.96. The fourth-order valence-electron chi connectivity index (χ4n) is 10.3. The maximum atomic E-state index is 9.69. The first kappa shape index (κ1) is 41.1. The second-order valence-electron chi connectivity index (χ2n) is 17.7. The summed E-state index contributed by atoms with van der Waals surface area (Å²) in [6, 6.07) is 79.1. The summed E-state index contributed by atoms with van der Waals surface area (Å²) in [7, 11) is 0. The van der Waals surface area contributed by atoms with Crippen molar-refractivity contribution < 1.29 is 0 Å². The second kappa shape index (κ2) is 17.1. The van der Waals surface area contributed by atoms with Crippen LogP contribution in [0.5, 0.6) is 0 Å². The minimum atomic E-state index is 0.210. The number of nitrogens with zero attached hydrogens (tertiary/aromatic N) is 6. The zero-order chi connectivity index (χ0) is 46.4. The standard InChI is InChI=1S/C63H44N6/c1-43-11-5-8-16-59(43)69-61-18-10-7-15-56(61)58-40-54(36-38-63(58)69)67(50-29-21-45(42-65)22-30-50)52-33-25-47(26-34-52)46-23-31-51(32-24-46)66(49-27-19-44(41-64)20-28-49)53-35-37-62-57(39-53)55-14-6-9-17-60(55)68(62)48-12-3-2-4-13-48/h2-40,43,59H,1H3. The minimum absolute atomic E-state index is 0.210. The third kappa shape index (κ3) is 7.20. The summed E-state index contributed by atoms with van der Waals surface area (Å²) in [6.07, 6.45) is 8.89. The molecule has 0 aliphatic heterocycles. The molecule has 6 heteroatoms. The number of para-hydroxylation sites is 3. The molecule has 12 rings (SSSR count). The van der Waals surface area contributed by atoms with E-state index in [1.807, 2.05) is 48.5 Å². The molecule has 0 saturated carbocycles. The van der Waals surface area contributed by atoms with E-state index in [1.165, 1.54) is 27.2 Å². The molecule has 0 fully saturated rings. The monoisotopic (exact) mass is 884 g/mol. The van der Waals surface area contributed by atoms with Crippen molar-refractivity contribution in [2.45, 2.75) is 13.0 Å². The highest BCUT2D eigenvalue weighted by atomic mass is 15.1. The van der Waals surface area contributed by atoms with Crippen LogP contribution < -0.4 is 9.80 Å². The molecular formula is C63H44N6. The molecule has 2 heterocycles. The van der Waals surface area contributed by atoms with Crippen molar-refractivity contribution in [3.63, 3.8) is 0 Å². The van der Waals surface area contributed by atoms with Gasteiger partial charge in [-0.25, -0.2) is 0 Å². The summed E-state index contributed by atoms with van der Waals surface area (Å²) in [5.74, 6) is 0.357. The van der Waals surface area contributed by atoms with Crippen LogP contribution >= 0.6 is 0 Å². The fraction of sp³-hybridized carbons (Fsp3) is 0.0476. The van der Waals surface area contributed by atoms with Gasteiger partial charge in [0.25, 0.3) is 0 Å². The van der Waals surface area contributed by atoms with Crippen molar-refractivity contribution in [1.29, 1.82) is 10.5 Å². The number of aromatic nitrogens is 2. The maximum absolute atomic E-state index is 9.69. The van der Waals surface area contributed by atoms with Crippen LogP contribution in [0.4, 0.5) is 34.1 Å². The molecule has 9 aromatic carbocycles. The Bertz CT molecular complexity index is 3860. The summed E-state index contributed by atoms with van der Waals surface area (Å²) < 4.78 is 4.82. The number of benzene rings is 9. The van der Waals surface area contributed by atoms with Crippen molar-refractivity contribution >= 4 is 77.7 Å². The van der Waals surface area contributed by atoms with Gasteiger partial charge in [-0.05, 0) is 151 Å². The SMILES string of the molecule is CC1C=CC=CC1n1c2ccccc2c2cc(N(c3ccc(C#N)cc3)c3ccc(-c4ccc(N(c5ccc(C#N)cc5)c5ccc6c(c5)c5ccccc5n6-c5ccccc5)cc4)cc3)ccc21. The Morgan fingerprint density at radius 3 is 1.33 bits per heavy atom. The number of fused-ring (bicyclic) bond motifs is 6. The first-order chi connectivity index (χ1) is 34.0. The number of hydrogen-bond donors (Lipinski definition) is 0. The van der Waals surface area contributed by atoms with Crippen LogP contribution in [0.1, 0.15) is 24.1 Å². The van der Waals surface area contributed by atoms with E-state index in [0.29, 0.717) is 17.0 Å². The van der Waals surface area contributed by atoms with Gasteiger partial charge >= 0.3 is 0 Å². The Morgan fingerprint density at radius 2 is 0.797 bits per heavy atom.